The van der Waals surface area contributed by atoms with Crippen molar-refractivity contribution in [3.8, 4) is 0 Å². The number of benzene rings is 1. The lowest BCUT2D eigenvalue weighted by Crippen LogP contribution is -2.00. The lowest BCUT2D eigenvalue weighted by atomic mass is 10.0. The van der Waals surface area contributed by atoms with Crippen LogP contribution in [0.15, 0.2) is 29.1 Å². The molecule has 3 heteroatoms. The van der Waals surface area contributed by atoms with Crippen molar-refractivity contribution in [3.05, 3.63) is 51.5 Å². The maximum atomic E-state index is 4.24. The van der Waals surface area contributed by atoms with Gasteiger partial charge in [-0.2, -0.15) is 0 Å². The van der Waals surface area contributed by atoms with Gasteiger partial charge in [0.2, 0.25) is 0 Å². The first-order valence-electron chi connectivity index (χ1n) is 5.79. The Hall–Kier alpha value is -1.09. The molecule has 0 amide bonds. The summed E-state index contributed by atoms with van der Waals surface area (Å²) in [6.45, 7) is 4.31. The van der Waals surface area contributed by atoms with E-state index in [1.807, 2.05) is 13.4 Å². The summed E-state index contributed by atoms with van der Waals surface area (Å²) in [4.78, 5) is 4.24. The van der Waals surface area contributed by atoms with Crippen LogP contribution in [-0.4, -0.2) is 9.55 Å². The van der Waals surface area contributed by atoms with Crippen molar-refractivity contribution >= 4 is 15.9 Å². The maximum Gasteiger partial charge on any atom is 0.127 e. The smallest absolute Gasteiger partial charge is 0.127 e. The monoisotopic (exact) mass is 292 g/mol. The van der Waals surface area contributed by atoms with Crippen molar-refractivity contribution in [2.45, 2.75) is 26.7 Å². The fourth-order valence-corrected chi connectivity index (χ4v) is 2.66. The molecule has 0 saturated carbocycles. The molecule has 0 radical (unpaired) electrons. The minimum Gasteiger partial charge on any atom is -0.337 e. The van der Waals surface area contributed by atoms with Crippen LogP contribution in [0, 0.1) is 13.8 Å². The van der Waals surface area contributed by atoms with Crippen LogP contribution in [0.2, 0.25) is 0 Å². The van der Waals surface area contributed by atoms with Crippen LogP contribution in [0.25, 0.3) is 0 Å². The fourth-order valence-electron chi connectivity index (χ4n) is 2.09. The third-order valence-corrected chi connectivity index (χ3v) is 3.80. The van der Waals surface area contributed by atoms with Gasteiger partial charge in [-0.25, -0.2) is 4.98 Å². The van der Waals surface area contributed by atoms with E-state index in [9.17, 15) is 0 Å². The van der Waals surface area contributed by atoms with Crippen LogP contribution in [0.1, 0.15) is 22.4 Å². The van der Waals surface area contributed by atoms with E-state index in [2.05, 4.69) is 57.5 Å². The molecule has 0 aliphatic rings. The Morgan fingerprint density at radius 1 is 1.24 bits per heavy atom. The molecule has 1 aromatic carbocycles. The van der Waals surface area contributed by atoms with E-state index in [1.165, 1.54) is 22.4 Å². The highest BCUT2D eigenvalue weighted by Crippen LogP contribution is 2.18. The van der Waals surface area contributed by atoms with E-state index >= 15 is 0 Å². The normalized spacial score (nSPS) is 10.8. The second-order valence-corrected chi connectivity index (χ2v) is 5.27. The maximum absolute atomic E-state index is 4.24. The van der Waals surface area contributed by atoms with E-state index in [-0.39, 0.29) is 0 Å². The SMILES string of the molecule is Cc1ccc(CCc2c(Br)ncn2C)c(C)c1. The van der Waals surface area contributed by atoms with Crippen LogP contribution in [-0.2, 0) is 19.9 Å². The fraction of sp³-hybridized carbons (Fsp3) is 0.357. The van der Waals surface area contributed by atoms with Gasteiger partial charge in [0.15, 0.2) is 0 Å². The van der Waals surface area contributed by atoms with Crippen molar-refractivity contribution in [2.75, 3.05) is 0 Å². The molecule has 1 heterocycles. The molecule has 0 N–H and O–H groups in total. The minimum absolute atomic E-state index is 0.963. The van der Waals surface area contributed by atoms with Crippen molar-refractivity contribution in [1.82, 2.24) is 9.55 Å². The Morgan fingerprint density at radius 2 is 2.00 bits per heavy atom. The summed E-state index contributed by atoms with van der Waals surface area (Å²) >= 11 is 3.49. The number of rotatable bonds is 3. The van der Waals surface area contributed by atoms with Gasteiger partial charge < -0.3 is 4.57 Å². The average molecular weight is 293 g/mol. The van der Waals surface area contributed by atoms with Gasteiger partial charge in [-0.1, -0.05) is 23.8 Å². The van der Waals surface area contributed by atoms with E-state index in [1.54, 1.807) is 0 Å². The van der Waals surface area contributed by atoms with Gasteiger partial charge in [-0.05, 0) is 53.7 Å². The van der Waals surface area contributed by atoms with E-state index < -0.39 is 0 Å². The number of halogens is 1. The Kier molecular flexibility index (Phi) is 3.67. The molecule has 2 aromatic rings. The van der Waals surface area contributed by atoms with Crippen molar-refractivity contribution < 1.29 is 0 Å². The van der Waals surface area contributed by atoms with Crippen LogP contribution in [0.4, 0.5) is 0 Å². The van der Waals surface area contributed by atoms with Crippen LogP contribution >= 0.6 is 15.9 Å². The second-order valence-electron chi connectivity index (χ2n) is 4.52. The summed E-state index contributed by atoms with van der Waals surface area (Å²) in [5.41, 5.74) is 5.38. The van der Waals surface area contributed by atoms with Crippen molar-refractivity contribution in [2.24, 2.45) is 7.05 Å². The molecule has 0 saturated heterocycles. The van der Waals surface area contributed by atoms with Gasteiger partial charge in [-0.3, -0.25) is 0 Å². The molecule has 2 nitrogen and oxygen atoms in total. The third-order valence-electron chi connectivity index (χ3n) is 3.14. The van der Waals surface area contributed by atoms with Crippen molar-refractivity contribution in [1.29, 1.82) is 0 Å². The number of nitrogens with zero attached hydrogens (tertiary/aromatic N) is 2. The first-order valence-corrected chi connectivity index (χ1v) is 6.59. The number of aromatic nitrogens is 2. The molecular formula is C14H17BrN2. The highest BCUT2D eigenvalue weighted by molar-refractivity contribution is 9.10. The molecular weight excluding hydrogens is 276 g/mol. The first kappa shape index (κ1) is 12.4. The number of imidazole rings is 1. The molecule has 1 aromatic heterocycles. The van der Waals surface area contributed by atoms with Gasteiger partial charge in [0.25, 0.3) is 0 Å². The van der Waals surface area contributed by atoms with E-state index in [0.29, 0.717) is 0 Å². The Labute approximate surface area is 111 Å². The summed E-state index contributed by atoms with van der Waals surface area (Å²) in [5, 5.41) is 0. The quantitative estimate of drug-likeness (QED) is 0.845. The lowest BCUT2D eigenvalue weighted by Gasteiger charge is -2.07. The Morgan fingerprint density at radius 3 is 2.59 bits per heavy atom. The zero-order chi connectivity index (χ0) is 12.4. The third kappa shape index (κ3) is 2.78. The summed E-state index contributed by atoms with van der Waals surface area (Å²) in [6.07, 6.45) is 3.92. The zero-order valence-electron chi connectivity index (χ0n) is 10.5. The average Bonchev–Trinajstić information content (AvgIpc) is 2.58. The predicted octanol–water partition coefficient (Wildman–Crippen LogP) is 3.58. The number of hydrogen-bond donors (Lipinski definition) is 0. The largest absolute Gasteiger partial charge is 0.337 e. The van der Waals surface area contributed by atoms with Crippen LogP contribution in [0.3, 0.4) is 0 Å². The van der Waals surface area contributed by atoms with Crippen LogP contribution in [0.5, 0.6) is 0 Å². The predicted molar refractivity (Wildman–Crippen MR) is 74.2 cm³/mol. The van der Waals surface area contributed by atoms with E-state index in [0.717, 1.165) is 17.4 Å². The van der Waals surface area contributed by atoms with E-state index in [4.69, 9.17) is 0 Å². The molecule has 0 bridgehead atoms. The second kappa shape index (κ2) is 5.05. The summed E-state index contributed by atoms with van der Waals surface area (Å²) in [5.74, 6) is 0. The molecule has 0 aliphatic heterocycles. The molecule has 90 valence electrons. The van der Waals surface area contributed by atoms with Gasteiger partial charge in [0.05, 0.1) is 12.0 Å². The lowest BCUT2D eigenvalue weighted by molar-refractivity contribution is 0.793. The molecule has 0 aliphatic carbocycles. The molecule has 0 spiro atoms. The molecule has 17 heavy (non-hydrogen) atoms. The number of hydrogen-bond acceptors (Lipinski definition) is 1. The number of aryl methyl sites for hydroxylation is 4. The molecule has 0 atom stereocenters. The molecule has 0 unspecified atom stereocenters. The van der Waals surface area contributed by atoms with Gasteiger partial charge >= 0.3 is 0 Å². The molecule has 0 fully saturated rings. The summed E-state index contributed by atoms with van der Waals surface area (Å²) in [6, 6.07) is 6.66. The highest BCUT2D eigenvalue weighted by Gasteiger charge is 2.07. The highest BCUT2D eigenvalue weighted by atomic mass is 79.9. The minimum atomic E-state index is 0.963. The van der Waals surface area contributed by atoms with Gasteiger partial charge in [0.1, 0.15) is 4.60 Å². The van der Waals surface area contributed by atoms with Gasteiger partial charge in [-0.15, -0.1) is 0 Å². The topological polar surface area (TPSA) is 17.8 Å². The zero-order valence-corrected chi connectivity index (χ0v) is 12.1. The molecule has 2 rings (SSSR count). The first-order chi connectivity index (χ1) is 8.08. The standard InChI is InChI=1S/C14H17BrN2/c1-10-4-5-12(11(2)8-10)6-7-13-14(15)16-9-17(13)3/h4-5,8-9H,6-7H2,1-3H3. The summed E-state index contributed by atoms with van der Waals surface area (Å²) < 4.78 is 3.04. The van der Waals surface area contributed by atoms with Crippen LogP contribution < -0.4 is 0 Å². The Balaban J connectivity index is 2.13. The summed E-state index contributed by atoms with van der Waals surface area (Å²) in [7, 11) is 2.04. The Bertz CT molecular complexity index is 510. The van der Waals surface area contributed by atoms with Crippen molar-refractivity contribution in [3.63, 3.8) is 0 Å². The van der Waals surface area contributed by atoms with Gasteiger partial charge in [0, 0.05) is 7.05 Å².